The summed E-state index contributed by atoms with van der Waals surface area (Å²) in [4.78, 5) is 5.60. The van der Waals surface area contributed by atoms with Gasteiger partial charge in [-0.1, -0.05) is 11.6 Å². The lowest BCUT2D eigenvalue weighted by Crippen LogP contribution is -2.19. The number of hydroxylamine groups is 1. The minimum atomic E-state index is -0.106. The third-order valence-electron chi connectivity index (χ3n) is 2.28. The minimum Gasteiger partial charge on any atom is -0.350 e. The van der Waals surface area contributed by atoms with Gasteiger partial charge in [-0.2, -0.15) is 0 Å². The van der Waals surface area contributed by atoms with Crippen LogP contribution in [0, 0.1) is 0 Å². The molecule has 15 heavy (non-hydrogen) atoms. The highest BCUT2D eigenvalue weighted by molar-refractivity contribution is 6.30. The maximum Gasteiger partial charge on any atom is 0.185 e. The van der Waals surface area contributed by atoms with Crippen molar-refractivity contribution < 1.29 is 9.57 Å². The van der Waals surface area contributed by atoms with Crippen LogP contribution in [0.2, 0.25) is 5.02 Å². The average molecular weight is 228 g/mol. The highest BCUT2D eigenvalue weighted by atomic mass is 35.5. The molecule has 0 spiro atoms. The van der Waals surface area contributed by atoms with Crippen LogP contribution in [0.1, 0.15) is 13.3 Å². The SMILES string of the molecule is CCOC1CCN(c2ccc(Cl)cc2)O1. The van der Waals surface area contributed by atoms with Crippen molar-refractivity contribution in [1.29, 1.82) is 0 Å². The smallest absolute Gasteiger partial charge is 0.185 e. The fraction of sp³-hybridized carbons (Fsp3) is 0.455. The van der Waals surface area contributed by atoms with Gasteiger partial charge in [0, 0.05) is 18.1 Å². The third kappa shape index (κ3) is 2.62. The summed E-state index contributed by atoms with van der Waals surface area (Å²) in [6, 6.07) is 7.59. The average Bonchev–Trinajstić information content (AvgIpc) is 2.68. The first-order chi connectivity index (χ1) is 7.29. The summed E-state index contributed by atoms with van der Waals surface area (Å²) in [6.45, 7) is 3.50. The second kappa shape index (κ2) is 4.84. The van der Waals surface area contributed by atoms with Crippen LogP contribution < -0.4 is 5.06 Å². The van der Waals surface area contributed by atoms with E-state index < -0.39 is 0 Å². The number of hydrogen-bond donors (Lipinski definition) is 0. The fourth-order valence-corrected chi connectivity index (χ4v) is 1.69. The van der Waals surface area contributed by atoms with Gasteiger partial charge in [0.2, 0.25) is 0 Å². The molecule has 1 aliphatic rings. The van der Waals surface area contributed by atoms with Crippen LogP contribution >= 0.6 is 11.6 Å². The van der Waals surface area contributed by atoms with E-state index in [4.69, 9.17) is 21.2 Å². The monoisotopic (exact) mass is 227 g/mol. The van der Waals surface area contributed by atoms with Crippen LogP contribution in [-0.2, 0) is 9.57 Å². The summed E-state index contributed by atoms with van der Waals surface area (Å²) < 4.78 is 5.39. The van der Waals surface area contributed by atoms with E-state index in [0.717, 1.165) is 23.7 Å². The first-order valence-corrected chi connectivity index (χ1v) is 5.49. The van der Waals surface area contributed by atoms with Gasteiger partial charge in [-0.05, 0) is 31.2 Å². The van der Waals surface area contributed by atoms with E-state index in [0.29, 0.717) is 6.61 Å². The van der Waals surface area contributed by atoms with Gasteiger partial charge in [0.25, 0.3) is 0 Å². The van der Waals surface area contributed by atoms with Gasteiger partial charge in [0.05, 0.1) is 12.2 Å². The molecule has 0 N–H and O–H groups in total. The van der Waals surface area contributed by atoms with Gasteiger partial charge >= 0.3 is 0 Å². The van der Waals surface area contributed by atoms with Crippen molar-refractivity contribution in [3.8, 4) is 0 Å². The van der Waals surface area contributed by atoms with E-state index in [-0.39, 0.29) is 6.29 Å². The second-order valence-electron chi connectivity index (χ2n) is 3.36. The predicted molar refractivity (Wildman–Crippen MR) is 59.9 cm³/mol. The zero-order chi connectivity index (χ0) is 10.7. The molecule has 82 valence electrons. The highest BCUT2D eigenvalue weighted by Crippen LogP contribution is 2.24. The topological polar surface area (TPSA) is 21.7 Å². The van der Waals surface area contributed by atoms with Crippen LogP contribution in [0.15, 0.2) is 24.3 Å². The molecule has 3 nitrogen and oxygen atoms in total. The highest BCUT2D eigenvalue weighted by Gasteiger charge is 2.23. The number of rotatable bonds is 3. The minimum absolute atomic E-state index is 0.106. The van der Waals surface area contributed by atoms with Crippen molar-refractivity contribution >= 4 is 17.3 Å². The Morgan fingerprint density at radius 1 is 1.47 bits per heavy atom. The number of anilines is 1. The summed E-state index contributed by atoms with van der Waals surface area (Å²) in [6.07, 6.45) is 0.793. The molecule has 0 aromatic heterocycles. The Labute approximate surface area is 94.5 Å². The lowest BCUT2D eigenvalue weighted by molar-refractivity contribution is -0.115. The molecule has 1 saturated heterocycles. The molecular formula is C11H14ClNO2. The van der Waals surface area contributed by atoms with Crippen LogP contribution in [-0.4, -0.2) is 19.4 Å². The lowest BCUT2D eigenvalue weighted by atomic mass is 10.3. The molecule has 0 amide bonds. The first-order valence-electron chi connectivity index (χ1n) is 5.11. The van der Waals surface area contributed by atoms with Crippen molar-refractivity contribution in [3.05, 3.63) is 29.3 Å². The summed E-state index contributed by atoms with van der Waals surface area (Å²) in [7, 11) is 0. The fourth-order valence-electron chi connectivity index (χ4n) is 1.57. The maximum atomic E-state index is 5.81. The van der Waals surface area contributed by atoms with Gasteiger partial charge in [0.15, 0.2) is 6.29 Å². The Bertz CT molecular complexity index is 315. The summed E-state index contributed by atoms with van der Waals surface area (Å²) in [5, 5.41) is 2.58. The molecule has 0 aliphatic carbocycles. The first kappa shape index (κ1) is 10.7. The number of halogens is 1. The van der Waals surface area contributed by atoms with E-state index in [2.05, 4.69) is 0 Å². The molecule has 2 rings (SSSR count). The van der Waals surface area contributed by atoms with Gasteiger partial charge < -0.3 is 4.74 Å². The number of nitrogens with zero attached hydrogens (tertiary/aromatic N) is 1. The van der Waals surface area contributed by atoms with E-state index >= 15 is 0 Å². The Balaban J connectivity index is 1.98. The van der Waals surface area contributed by atoms with Crippen molar-refractivity contribution in [2.24, 2.45) is 0 Å². The molecule has 4 heteroatoms. The van der Waals surface area contributed by atoms with E-state index in [1.54, 1.807) is 0 Å². The third-order valence-corrected chi connectivity index (χ3v) is 2.53. The molecule has 0 radical (unpaired) electrons. The van der Waals surface area contributed by atoms with Crippen LogP contribution in [0.25, 0.3) is 0 Å². The maximum absolute atomic E-state index is 5.81. The standard InChI is InChI=1S/C11H14ClNO2/c1-2-14-11-7-8-13(15-11)10-5-3-9(12)4-6-10/h3-6,11H,2,7-8H2,1H3. The van der Waals surface area contributed by atoms with Crippen molar-refractivity contribution in [2.75, 3.05) is 18.2 Å². The summed E-state index contributed by atoms with van der Waals surface area (Å²) in [5.74, 6) is 0. The van der Waals surface area contributed by atoms with Crippen LogP contribution in [0.5, 0.6) is 0 Å². The predicted octanol–water partition coefficient (Wildman–Crippen LogP) is 2.84. The largest absolute Gasteiger partial charge is 0.350 e. The second-order valence-corrected chi connectivity index (χ2v) is 3.79. The van der Waals surface area contributed by atoms with Crippen LogP contribution in [0.4, 0.5) is 5.69 Å². The number of benzene rings is 1. The number of hydrogen-bond acceptors (Lipinski definition) is 3. The molecule has 1 aliphatic heterocycles. The Hall–Kier alpha value is -0.770. The van der Waals surface area contributed by atoms with Crippen molar-refractivity contribution in [3.63, 3.8) is 0 Å². The molecule has 1 atom stereocenters. The van der Waals surface area contributed by atoms with E-state index in [1.165, 1.54) is 0 Å². The Kier molecular flexibility index (Phi) is 3.46. The molecule has 0 bridgehead atoms. The molecule has 1 aromatic rings. The summed E-state index contributed by atoms with van der Waals surface area (Å²) >= 11 is 5.81. The summed E-state index contributed by atoms with van der Waals surface area (Å²) in [5.41, 5.74) is 1.02. The quantitative estimate of drug-likeness (QED) is 0.793. The van der Waals surface area contributed by atoms with E-state index in [1.807, 2.05) is 36.3 Å². The molecule has 1 aromatic carbocycles. The molecule has 0 saturated carbocycles. The zero-order valence-electron chi connectivity index (χ0n) is 8.65. The van der Waals surface area contributed by atoms with Gasteiger partial charge in [-0.15, -0.1) is 0 Å². The van der Waals surface area contributed by atoms with Crippen LogP contribution in [0.3, 0.4) is 0 Å². The molecule has 1 heterocycles. The molecule has 1 unspecified atom stereocenters. The van der Waals surface area contributed by atoms with Crippen molar-refractivity contribution in [2.45, 2.75) is 19.6 Å². The zero-order valence-corrected chi connectivity index (χ0v) is 9.41. The Morgan fingerprint density at radius 3 is 2.87 bits per heavy atom. The van der Waals surface area contributed by atoms with Crippen molar-refractivity contribution in [1.82, 2.24) is 0 Å². The molecule has 1 fully saturated rings. The van der Waals surface area contributed by atoms with Gasteiger partial charge in [-0.25, -0.2) is 4.84 Å². The van der Waals surface area contributed by atoms with Gasteiger partial charge in [0.1, 0.15) is 0 Å². The van der Waals surface area contributed by atoms with E-state index in [9.17, 15) is 0 Å². The Morgan fingerprint density at radius 2 is 2.20 bits per heavy atom. The van der Waals surface area contributed by atoms with Gasteiger partial charge in [-0.3, -0.25) is 5.06 Å². The normalized spacial score (nSPS) is 20.9. The number of ether oxygens (including phenoxy) is 1. The molecular weight excluding hydrogens is 214 g/mol. The lowest BCUT2D eigenvalue weighted by Gasteiger charge is -2.17.